The molecule has 218 valence electrons. The largest absolute Gasteiger partial charge is 0.491 e. The Hall–Kier alpha value is -4.96. The number of imide groups is 1. The molecule has 7 rings (SSSR count). The van der Waals surface area contributed by atoms with Crippen LogP contribution in [0.1, 0.15) is 30.9 Å². The average Bonchev–Trinajstić information content (AvgIpc) is 3.40. The lowest BCUT2D eigenvalue weighted by atomic mass is 9.56. The third-order valence-corrected chi connectivity index (χ3v) is 9.14. The fourth-order valence-corrected chi connectivity index (χ4v) is 7.20. The molecular formula is C33H30N4O6. The number of amides is 2. The van der Waals surface area contributed by atoms with Crippen molar-refractivity contribution in [3.63, 3.8) is 0 Å². The van der Waals surface area contributed by atoms with Gasteiger partial charge in [-0.1, -0.05) is 54.6 Å². The molecule has 1 saturated heterocycles. The van der Waals surface area contributed by atoms with Crippen LogP contribution in [0.5, 0.6) is 5.75 Å². The van der Waals surface area contributed by atoms with Crippen molar-refractivity contribution < 1.29 is 19.4 Å². The molecule has 2 fully saturated rings. The summed E-state index contributed by atoms with van der Waals surface area (Å²) in [5.74, 6) is -1.35. The molecule has 0 radical (unpaired) electrons. The fourth-order valence-electron chi connectivity index (χ4n) is 7.20. The van der Waals surface area contributed by atoms with Gasteiger partial charge in [0.1, 0.15) is 12.4 Å². The van der Waals surface area contributed by atoms with Crippen LogP contribution < -0.4 is 21.0 Å². The molecule has 2 aliphatic heterocycles. The average molecular weight is 579 g/mol. The smallest absolute Gasteiger partial charge is 0.352 e. The summed E-state index contributed by atoms with van der Waals surface area (Å²) in [5.41, 5.74) is 0.498. The number of aliphatic hydroxyl groups excluding tert-OH is 1. The van der Waals surface area contributed by atoms with Gasteiger partial charge in [-0.3, -0.25) is 9.59 Å². The van der Waals surface area contributed by atoms with Gasteiger partial charge >= 0.3 is 11.4 Å². The number of anilines is 1. The number of aromatic nitrogens is 3. The third kappa shape index (κ3) is 3.90. The Bertz CT molecular complexity index is 1870. The van der Waals surface area contributed by atoms with Crippen molar-refractivity contribution >= 4 is 17.5 Å². The van der Waals surface area contributed by atoms with E-state index in [-0.39, 0.29) is 38.0 Å². The molecule has 3 aliphatic rings. The number of para-hydroxylation sites is 2. The topological polar surface area (TPSA) is 116 Å². The normalized spacial score (nSPS) is 24.3. The van der Waals surface area contributed by atoms with Crippen LogP contribution in [0.4, 0.5) is 5.69 Å². The number of carbonyl (C=O) groups is 2. The van der Waals surface area contributed by atoms with Crippen molar-refractivity contribution in [1.29, 1.82) is 0 Å². The zero-order valence-corrected chi connectivity index (χ0v) is 23.5. The van der Waals surface area contributed by atoms with Gasteiger partial charge in [0, 0.05) is 5.92 Å². The molecule has 0 unspecified atom stereocenters. The zero-order chi connectivity index (χ0) is 29.9. The summed E-state index contributed by atoms with van der Waals surface area (Å²) in [6, 6.07) is 24.3. The van der Waals surface area contributed by atoms with Crippen LogP contribution in [0, 0.1) is 11.3 Å². The van der Waals surface area contributed by atoms with Crippen molar-refractivity contribution in [2.45, 2.75) is 31.8 Å². The molecule has 4 aromatic rings. The number of allylic oxidation sites excluding steroid dienone is 2. The molecule has 3 heterocycles. The van der Waals surface area contributed by atoms with Crippen molar-refractivity contribution in [3.05, 3.63) is 123 Å². The summed E-state index contributed by atoms with van der Waals surface area (Å²) in [7, 11) is 0. The molecule has 3 aromatic carbocycles. The van der Waals surface area contributed by atoms with E-state index >= 15 is 0 Å². The maximum atomic E-state index is 14.4. The maximum Gasteiger partial charge on any atom is 0.352 e. The van der Waals surface area contributed by atoms with Gasteiger partial charge in [0.15, 0.2) is 0 Å². The van der Waals surface area contributed by atoms with Crippen LogP contribution in [-0.2, 0) is 16.1 Å². The van der Waals surface area contributed by atoms with Crippen LogP contribution in [0.25, 0.3) is 5.69 Å². The van der Waals surface area contributed by atoms with E-state index in [0.29, 0.717) is 17.1 Å². The first kappa shape index (κ1) is 26.9. The SMILES string of the molecule is C[C@@]12C(=O)N(c3ccccc3)C(=O)[C@@H]1C[C@@H]1C(=CCn3c(=O)n(-c4ccccc4)c(=O)n31)[C@@H]2c1ccc(OCCO)cc1. The molecule has 0 spiro atoms. The lowest BCUT2D eigenvalue weighted by Gasteiger charge is -2.47. The Morgan fingerprint density at radius 2 is 1.51 bits per heavy atom. The third-order valence-electron chi connectivity index (χ3n) is 9.14. The minimum atomic E-state index is -1.14. The van der Waals surface area contributed by atoms with E-state index in [1.165, 1.54) is 14.3 Å². The Kier molecular flexibility index (Phi) is 6.32. The van der Waals surface area contributed by atoms with Gasteiger partial charge in [-0.15, -0.1) is 0 Å². The van der Waals surface area contributed by atoms with E-state index in [1.807, 2.05) is 37.3 Å². The van der Waals surface area contributed by atoms with Crippen LogP contribution in [0.15, 0.2) is 106 Å². The summed E-state index contributed by atoms with van der Waals surface area (Å²) in [6.45, 7) is 2.02. The number of benzene rings is 3. The molecule has 10 nitrogen and oxygen atoms in total. The van der Waals surface area contributed by atoms with Crippen molar-refractivity contribution in [2.75, 3.05) is 18.1 Å². The molecule has 1 aliphatic carbocycles. The van der Waals surface area contributed by atoms with Crippen LogP contribution >= 0.6 is 0 Å². The standard InChI is InChI=1S/C33H30N4O6/c1-33-26(29(39)35(30(33)40)22-8-4-2-5-9-22)20-27-25(28(33)21-12-14-24(15-13-21)43-19-18-38)16-17-34-31(41)36(32(42)37(27)34)23-10-6-3-7-11-23/h2-16,26-28,38H,17-20H2,1H3/t26-,27+,28-,33+/m0/s1. The summed E-state index contributed by atoms with van der Waals surface area (Å²) >= 11 is 0. The molecule has 0 bridgehead atoms. The van der Waals surface area contributed by atoms with E-state index in [2.05, 4.69) is 0 Å². The Morgan fingerprint density at radius 3 is 2.16 bits per heavy atom. The second-order valence-corrected chi connectivity index (χ2v) is 11.3. The van der Waals surface area contributed by atoms with Gasteiger partial charge in [0.2, 0.25) is 11.8 Å². The quantitative estimate of drug-likeness (QED) is 0.278. The molecule has 2 amide bonds. The summed E-state index contributed by atoms with van der Waals surface area (Å²) < 4.78 is 9.62. The molecule has 1 N–H and O–H groups in total. The molecule has 1 saturated carbocycles. The summed E-state index contributed by atoms with van der Waals surface area (Å²) in [4.78, 5) is 57.3. The van der Waals surface area contributed by atoms with Gasteiger partial charge in [-0.25, -0.2) is 28.4 Å². The number of hydrogen-bond donors (Lipinski definition) is 1. The number of fused-ring (bicyclic) bond motifs is 4. The molecule has 10 heteroatoms. The highest BCUT2D eigenvalue weighted by molar-refractivity contribution is 6.24. The number of carbonyl (C=O) groups excluding carboxylic acids is 2. The molecular weight excluding hydrogens is 548 g/mol. The summed E-state index contributed by atoms with van der Waals surface area (Å²) in [6.07, 6.45) is 2.13. The van der Waals surface area contributed by atoms with Gasteiger partial charge < -0.3 is 9.84 Å². The highest BCUT2D eigenvalue weighted by atomic mass is 16.5. The van der Waals surface area contributed by atoms with Crippen LogP contribution in [-0.4, -0.2) is 44.1 Å². The minimum absolute atomic E-state index is 0.121. The second kappa shape index (κ2) is 10.1. The lowest BCUT2D eigenvalue weighted by Crippen LogP contribution is -2.49. The zero-order valence-electron chi connectivity index (χ0n) is 23.5. The number of ether oxygens (including phenoxy) is 1. The van der Waals surface area contributed by atoms with Crippen LogP contribution in [0.2, 0.25) is 0 Å². The Morgan fingerprint density at radius 1 is 0.860 bits per heavy atom. The van der Waals surface area contributed by atoms with E-state index in [0.717, 1.165) is 15.7 Å². The van der Waals surface area contributed by atoms with Gasteiger partial charge in [0.05, 0.1) is 41.9 Å². The van der Waals surface area contributed by atoms with Gasteiger partial charge in [-0.2, -0.15) is 0 Å². The second-order valence-electron chi connectivity index (χ2n) is 11.3. The predicted molar refractivity (Wildman–Crippen MR) is 158 cm³/mol. The minimum Gasteiger partial charge on any atom is -0.491 e. The van der Waals surface area contributed by atoms with Crippen molar-refractivity contribution in [2.24, 2.45) is 11.3 Å². The summed E-state index contributed by atoms with van der Waals surface area (Å²) in [5, 5.41) is 9.16. The number of rotatable bonds is 6. The van der Waals surface area contributed by atoms with Crippen LogP contribution in [0.3, 0.4) is 0 Å². The van der Waals surface area contributed by atoms with Crippen molar-refractivity contribution in [1.82, 2.24) is 13.9 Å². The first-order valence-electron chi connectivity index (χ1n) is 14.3. The van der Waals surface area contributed by atoms with E-state index in [4.69, 9.17) is 9.84 Å². The predicted octanol–water partition coefficient (Wildman–Crippen LogP) is 3.04. The van der Waals surface area contributed by atoms with E-state index in [9.17, 15) is 19.2 Å². The Balaban J connectivity index is 1.40. The first-order chi connectivity index (χ1) is 20.9. The maximum absolute atomic E-state index is 14.4. The van der Waals surface area contributed by atoms with Crippen molar-refractivity contribution in [3.8, 4) is 11.4 Å². The lowest BCUT2D eigenvalue weighted by molar-refractivity contribution is -0.129. The number of nitrogens with zero attached hydrogens (tertiary/aromatic N) is 4. The number of hydrogen-bond acceptors (Lipinski definition) is 6. The molecule has 1 aromatic heterocycles. The highest BCUT2D eigenvalue weighted by Gasteiger charge is 2.65. The monoisotopic (exact) mass is 578 g/mol. The fraction of sp³-hybridized carbons (Fsp3) is 0.273. The van der Waals surface area contributed by atoms with Gasteiger partial charge in [-0.05, 0) is 60.9 Å². The Labute approximate surface area is 246 Å². The molecule has 43 heavy (non-hydrogen) atoms. The molecule has 4 atom stereocenters. The first-order valence-corrected chi connectivity index (χ1v) is 14.3. The number of aliphatic hydroxyl groups is 1. The van der Waals surface area contributed by atoms with Gasteiger partial charge in [0.25, 0.3) is 0 Å². The van der Waals surface area contributed by atoms with E-state index < -0.39 is 34.7 Å². The van der Waals surface area contributed by atoms with E-state index in [1.54, 1.807) is 60.7 Å². The highest BCUT2D eigenvalue weighted by Crippen LogP contribution is 2.61.